The Labute approximate surface area is 252 Å². The van der Waals surface area contributed by atoms with Crippen LogP contribution in [0.15, 0.2) is 66.9 Å². The van der Waals surface area contributed by atoms with Crippen molar-refractivity contribution in [1.82, 2.24) is 15.1 Å². The summed E-state index contributed by atoms with van der Waals surface area (Å²) >= 11 is 0. The van der Waals surface area contributed by atoms with E-state index in [0.717, 1.165) is 11.1 Å². The number of aliphatic hydroxyl groups is 1. The summed E-state index contributed by atoms with van der Waals surface area (Å²) in [5.74, 6) is -1.14. The third-order valence-electron chi connectivity index (χ3n) is 7.38. The van der Waals surface area contributed by atoms with Crippen LogP contribution in [0.5, 0.6) is 0 Å². The highest BCUT2D eigenvalue weighted by Crippen LogP contribution is 2.31. The van der Waals surface area contributed by atoms with Gasteiger partial charge in [0.05, 0.1) is 23.9 Å². The molecule has 0 saturated heterocycles. The van der Waals surface area contributed by atoms with Crippen molar-refractivity contribution in [1.29, 1.82) is 0 Å². The van der Waals surface area contributed by atoms with Crippen molar-refractivity contribution >= 4 is 32.5 Å². The lowest BCUT2D eigenvalue weighted by Crippen LogP contribution is -2.58. The Morgan fingerprint density at radius 2 is 1.60 bits per heavy atom. The quantitative estimate of drug-likeness (QED) is 0.381. The van der Waals surface area contributed by atoms with Crippen LogP contribution in [0.25, 0.3) is 5.70 Å². The molecule has 3 amide bonds. The molecule has 1 heterocycles. The molecule has 8 nitrogen and oxygen atoms in total. The lowest BCUT2D eigenvalue weighted by Gasteiger charge is -2.41. The Hall–Kier alpha value is -3.27. The third-order valence-corrected chi connectivity index (χ3v) is 8.21. The second kappa shape index (κ2) is 14.3. The first-order valence-corrected chi connectivity index (χ1v) is 17.5. The maximum absolute atomic E-state index is 13.9. The molecule has 0 saturated carbocycles. The first-order valence-electron chi connectivity index (χ1n) is 14.7. The average Bonchev–Trinajstić information content (AvgIpc) is 2.91. The van der Waals surface area contributed by atoms with Gasteiger partial charge < -0.3 is 19.7 Å². The second-order valence-electron chi connectivity index (χ2n) is 12.7. The summed E-state index contributed by atoms with van der Waals surface area (Å²) in [7, 11) is -1.52. The minimum absolute atomic E-state index is 0.168. The molecule has 0 bridgehead atoms. The van der Waals surface area contributed by atoms with E-state index in [9.17, 15) is 19.5 Å². The Kier molecular flexibility index (Phi) is 11.3. The predicted octanol–water partition coefficient (Wildman–Crippen LogP) is 4.20. The molecule has 228 valence electrons. The van der Waals surface area contributed by atoms with Crippen LogP contribution in [0.1, 0.15) is 52.7 Å². The maximum atomic E-state index is 13.9. The van der Waals surface area contributed by atoms with Gasteiger partial charge in [-0.1, -0.05) is 95.3 Å². The van der Waals surface area contributed by atoms with Crippen LogP contribution in [0.2, 0.25) is 13.1 Å². The van der Waals surface area contributed by atoms with Gasteiger partial charge in [-0.15, -0.1) is 0 Å². The number of aliphatic hydroxyl groups excluding tert-OH is 1. The zero-order valence-electron chi connectivity index (χ0n) is 26.2. The third kappa shape index (κ3) is 8.39. The number of carbonyl (C=O) groups excluding carboxylic acids is 3. The van der Waals surface area contributed by atoms with Crippen LogP contribution in [0.3, 0.4) is 0 Å². The molecule has 0 fully saturated rings. The van der Waals surface area contributed by atoms with Gasteiger partial charge in [-0.2, -0.15) is 0 Å². The summed E-state index contributed by atoms with van der Waals surface area (Å²) in [4.78, 5) is 43.2. The number of hydrogen-bond donors (Lipinski definition) is 2. The summed E-state index contributed by atoms with van der Waals surface area (Å²) in [5, 5.41) is 14.8. The maximum Gasteiger partial charge on any atom is 0.250 e. The summed E-state index contributed by atoms with van der Waals surface area (Å²) in [6.07, 6.45) is 0.584. The monoisotopic (exact) mass is 593 g/mol. The number of rotatable bonds is 11. The smallest absolute Gasteiger partial charge is 0.250 e. The highest BCUT2D eigenvalue weighted by atomic mass is 28.3. The molecule has 0 aliphatic carbocycles. The van der Waals surface area contributed by atoms with Crippen LogP contribution in [0.4, 0.5) is 0 Å². The number of nitrogens with one attached hydrogen (secondary N) is 1. The van der Waals surface area contributed by atoms with Gasteiger partial charge in [-0.05, 0) is 42.0 Å². The van der Waals surface area contributed by atoms with Gasteiger partial charge in [-0.25, -0.2) is 0 Å². The van der Waals surface area contributed by atoms with E-state index in [1.54, 1.807) is 6.20 Å². The molecule has 2 aromatic carbocycles. The molecule has 1 aliphatic rings. The van der Waals surface area contributed by atoms with E-state index >= 15 is 0 Å². The number of nitrogens with zero attached hydrogens (tertiary/aromatic N) is 2. The molecule has 2 N–H and O–H groups in total. The van der Waals surface area contributed by atoms with Gasteiger partial charge in [0.1, 0.15) is 12.6 Å². The predicted molar refractivity (Wildman–Crippen MR) is 169 cm³/mol. The fourth-order valence-electron chi connectivity index (χ4n) is 5.40. The molecule has 9 heteroatoms. The molecule has 4 atom stereocenters. The van der Waals surface area contributed by atoms with E-state index < -0.39 is 39.2 Å². The van der Waals surface area contributed by atoms with Gasteiger partial charge in [0.15, 0.2) is 9.04 Å². The first-order chi connectivity index (χ1) is 19.7. The Bertz CT molecular complexity index is 1240. The van der Waals surface area contributed by atoms with Crippen LogP contribution in [0, 0.1) is 11.3 Å². The van der Waals surface area contributed by atoms with Crippen molar-refractivity contribution in [2.24, 2.45) is 11.3 Å². The van der Waals surface area contributed by atoms with Gasteiger partial charge in [0.25, 0.3) is 5.91 Å². The summed E-state index contributed by atoms with van der Waals surface area (Å²) < 4.78 is 6.32. The number of carbonyl (C=O) groups is 3. The molecule has 0 radical (unpaired) electrons. The van der Waals surface area contributed by atoms with Crippen molar-refractivity contribution in [3.8, 4) is 0 Å². The SMILES string of the molecule is CC(=O)N1C=C(c2ccccc2)N(CC(=O)N[C@@H](Cc2ccccc2)C(O)C(O[SiH](C)C)C(C)(C)C)C(=O)[C@H]1C(C)C. The van der Waals surface area contributed by atoms with Crippen LogP contribution < -0.4 is 5.32 Å². The fraction of sp³-hybridized carbons (Fsp3) is 0.485. The van der Waals surface area contributed by atoms with E-state index in [4.69, 9.17) is 4.43 Å². The number of hydrogen-bond acceptors (Lipinski definition) is 5. The van der Waals surface area contributed by atoms with E-state index in [-0.39, 0.29) is 29.7 Å². The largest absolute Gasteiger partial charge is 0.414 e. The Morgan fingerprint density at radius 1 is 1.02 bits per heavy atom. The standard InChI is InChI=1S/C33H47N3O5Si/c1-22(2)29-32(40)36(27(20-35(29)23(3)37)25-17-13-10-14-18-25)21-28(38)34-26(19-24-15-11-9-12-16-24)30(39)31(33(4,5)6)41-42(7)8/h9-18,20,22,26,29-31,39,42H,19,21H2,1-8H3,(H,34,38)/t26-,29+,30?,31?/m0/s1. The van der Waals surface area contributed by atoms with Crippen molar-refractivity contribution in [2.45, 2.75) is 85.3 Å². The molecular weight excluding hydrogens is 546 g/mol. The average molecular weight is 594 g/mol. The summed E-state index contributed by atoms with van der Waals surface area (Å²) in [6, 6.07) is 17.6. The van der Waals surface area contributed by atoms with Crippen molar-refractivity contribution in [3.05, 3.63) is 78.0 Å². The molecule has 42 heavy (non-hydrogen) atoms. The highest BCUT2D eigenvalue weighted by molar-refractivity contribution is 6.48. The Morgan fingerprint density at radius 3 is 2.10 bits per heavy atom. The molecule has 2 unspecified atom stereocenters. The molecular formula is C33H47N3O5Si. The highest BCUT2D eigenvalue weighted by Gasteiger charge is 2.41. The van der Waals surface area contributed by atoms with Gasteiger partial charge in [0.2, 0.25) is 11.8 Å². The lowest BCUT2D eigenvalue weighted by molar-refractivity contribution is -0.145. The van der Waals surface area contributed by atoms with Crippen molar-refractivity contribution in [2.75, 3.05) is 6.54 Å². The van der Waals surface area contributed by atoms with E-state index in [1.807, 2.05) is 95.3 Å². The van der Waals surface area contributed by atoms with Gasteiger partial charge in [-0.3, -0.25) is 19.3 Å². The second-order valence-corrected chi connectivity index (χ2v) is 15.1. The molecule has 3 rings (SSSR count). The van der Waals surface area contributed by atoms with Crippen LogP contribution in [-0.2, 0) is 25.2 Å². The molecule has 1 aliphatic heterocycles. The first kappa shape index (κ1) is 33.2. The zero-order valence-corrected chi connectivity index (χ0v) is 27.4. The number of amides is 3. The van der Waals surface area contributed by atoms with Crippen LogP contribution in [-0.4, -0.2) is 72.5 Å². The van der Waals surface area contributed by atoms with Crippen LogP contribution >= 0.6 is 0 Å². The Balaban J connectivity index is 1.97. The molecule has 0 aromatic heterocycles. The lowest BCUT2D eigenvalue weighted by atomic mass is 9.82. The normalized spacial score (nSPS) is 18.1. The van der Waals surface area contributed by atoms with E-state index in [1.165, 1.54) is 16.7 Å². The minimum atomic E-state index is -1.52. The van der Waals surface area contributed by atoms with Gasteiger partial charge >= 0.3 is 0 Å². The fourth-order valence-corrected chi connectivity index (χ4v) is 6.55. The zero-order chi connectivity index (χ0) is 31.2. The molecule has 2 aromatic rings. The summed E-state index contributed by atoms with van der Waals surface area (Å²) in [5.41, 5.74) is 1.79. The van der Waals surface area contributed by atoms with Crippen molar-refractivity contribution in [3.63, 3.8) is 0 Å². The minimum Gasteiger partial charge on any atom is -0.414 e. The summed E-state index contributed by atoms with van der Waals surface area (Å²) in [6.45, 7) is 15.1. The van der Waals surface area contributed by atoms with E-state index in [2.05, 4.69) is 18.4 Å². The number of benzene rings is 2. The van der Waals surface area contributed by atoms with Gasteiger partial charge in [0, 0.05) is 13.1 Å². The topological polar surface area (TPSA) is 99.2 Å². The van der Waals surface area contributed by atoms with E-state index in [0.29, 0.717) is 12.1 Å². The van der Waals surface area contributed by atoms with Crippen molar-refractivity contribution < 1.29 is 23.9 Å². The molecule has 0 spiro atoms.